The van der Waals surface area contributed by atoms with Crippen molar-refractivity contribution < 1.29 is 38.4 Å². The number of benzene rings is 1. The minimum absolute atomic E-state index is 0.0178. The van der Waals surface area contributed by atoms with Crippen LogP contribution in [0.15, 0.2) is 35.9 Å². The molecule has 242 valence electrons. The summed E-state index contributed by atoms with van der Waals surface area (Å²) in [4.78, 5) is 41.0. The Morgan fingerprint density at radius 3 is 2.66 bits per heavy atom. The van der Waals surface area contributed by atoms with Crippen LogP contribution >= 0.6 is 11.6 Å². The molecule has 4 rings (SSSR count). The Hall–Kier alpha value is -2.92. The van der Waals surface area contributed by atoms with Crippen LogP contribution in [0.2, 0.25) is 5.02 Å². The van der Waals surface area contributed by atoms with E-state index in [-0.39, 0.29) is 24.7 Å². The SMILES string of the molecule is CC[C@@H](C)C(=O)O[C@H]1CC(=O)N(C)c2cc(cc(C)c2Cl)C/C(C)=C/C=C/[C@@H](OC)[C@@]2(O)C[C@H](OC(=O)N2)[C@H](C)[C@H]2O[C@@]12C. The van der Waals surface area contributed by atoms with Crippen LogP contribution in [0.1, 0.15) is 65.0 Å². The summed E-state index contributed by atoms with van der Waals surface area (Å²) in [5.74, 6) is -1.52. The predicted octanol–water partition coefficient (Wildman–Crippen LogP) is 5.01. The molecule has 1 aromatic rings. The summed E-state index contributed by atoms with van der Waals surface area (Å²) in [7, 11) is 3.12. The number of rotatable bonds is 4. The van der Waals surface area contributed by atoms with Crippen LogP contribution in [0, 0.1) is 18.8 Å². The minimum atomic E-state index is -1.75. The molecule has 0 aromatic heterocycles. The number of carbonyl (C=O) groups is 3. The Morgan fingerprint density at radius 1 is 1.30 bits per heavy atom. The lowest BCUT2D eigenvalue weighted by Gasteiger charge is -2.42. The molecule has 3 aliphatic rings. The van der Waals surface area contributed by atoms with E-state index in [1.54, 1.807) is 33.0 Å². The molecule has 4 bridgehead atoms. The Balaban J connectivity index is 1.78. The maximum atomic E-state index is 13.8. The summed E-state index contributed by atoms with van der Waals surface area (Å²) in [5.41, 5.74) is 0.546. The van der Waals surface area contributed by atoms with E-state index in [1.165, 1.54) is 12.0 Å². The highest BCUT2D eigenvalue weighted by atomic mass is 35.5. The van der Waals surface area contributed by atoms with Crippen LogP contribution in [-0.4, -0.2) is 73.0 Å². The molecular weight excluding hydrogens is 588 g/mol. The number of ether oxygens (including phenoxy) is 4. The minimum Gasteiger partial charge on any atom is -0.458 e. The van der Waals surface area contributed by atoms with E-state index in [9.17, 15) is 19.5 Å². The Kier molecular flexibility index (Phi) is 10.2. The number of carbonyl (C=O) groups excluding carboxylic acids is 3. The van der Waals surface area contributed by atoms with Crippen LogP contribution in [0.5, 0.6) is 0 Å². The highest BCUT2D eigenvalue weighted by Crippen LogP contribution is 2.49. The van der Waals surface area contributed by atoms with Crippen molar-refractivity contribution in [1.82, 2.24) is 5.32 Å². The molecule has 0 aliphatic carbocycles. The van der Waals surface area contributed by atoms with Gasteiger partial charge in [-0.05, 0) is 50.8 Å². The van der Waals surface area contributed by atoms with Gasteiger partial charge in [0.25, 0.3) is 0 Å². The fourth-order valence-electron chi connectivity index (χ4n) is 6.07. The summed E-state index contributed by atoms with van der Waals surface area (Å²) in [6, 6.07) is 3.87. The molecular formula is C33H45ClN2O8. The number of nitrogens with zero attached hydrogens (tertiary/aromatic N) is 1. The van der Waals surface area contributed by atoms with Gasteiger partial charge in [0.15, 0.2) is 5.72 Å². The molecule has 44 heavy (non-hydrogen) atoms. The van der Waals surface area contributed by atoms with Crippen molar-refractivity contribution in [3.8, 4) is 0 Å². The van der Waals surface area contributed by atoms with Gasteiger partial charge < -0.3 is 29.0 Å². The number of epoxide rings is 1. The van der Waals surface area contributed by atoms with E-state index in [1.807, 2.05) is 45.9 Å². The fourth-order valence-corrected chi connectivity index (χ4v) is 6.30. The molecule has 0 saturated carbocycles. The molecule has 0 unspecified atom stereocenters. The maximum Gasteiger partial charge on any atom is 0.409 e. The molecule has 1 aromatic carbocycles. The molecule has 8 atom stereocenters. The number of alkyl carbamates (subject to hydrolysis) is 1. The van der Waals surface area contributed by atoms with Crippen LogP contribution in [0.25, 0.3) is 0 Å². The first kappa shape index (κ1) is 34.0. The van der Waals surface area contributed by atoms with E-state index in [2.05, 4.69) is 5.32 Å². The van der Waals surface area contributed by atoms with Crippen LogP contribution in [-0.2, 0) is 35.0 Å². The third-order valence-electron chi connectivity index (χ3n) is 9.22. The van der Waals surface area contributed by atoms with E-state index in [0.29, 0.717) is 23.6 Å². The third-order valence-corrected chi connectivity index (χ3v) is 9.71. The van der Waals surface area contributed by atoms with Gasteiger partial charge in [0, 0.05) is 26.5 Å². The zero-order chi connectivity index (χ0) is 32.6. The number of aryl methyl sites for hydroxylation is 1. The van der Waals surface area contributed by atoms with E-state index in [4.69, 9.17) is 30.5 Å². The summed E-state index contributed by atoms with van der Waals surface area (Å²) in [6.45, 7) is 11.2. The van der Waals surface area contributed by atoms with Gasteiger partial charge >= 0.3 is 12.1 Å². The Bertz CT molecular complexity index is 1350. The zero-order valence-corrected chi connectivity index (χ0v) is 27.6. The molecule has 11 heteroatoms. The van der Waals surface area contributed by atoms with Gasteiger partial charge in [0.2, 0.25) is 5.91 Å². The molecule has 2 saturated heterocycles. The second-order valence-corrected chi connectivity index (χ2v) is 13.0. The molecule has 10 nitrogen and oxygen atoms in total. The first-order valence-electron chi connectivity index (χ1n) is 15.1. The van der Waals surface area contributed by atoms with Gasteiger partial charge in [0.05, 0.1) is 29.2 Å². The monoisotopic (exact) mass is 632 g/mol. The first-order valence-corrected chi connectivity index (χ1v) is 15.5. The average Bonchev–Trinajstić information content (AvgIpc) is 3.66. The van der Waals surface area contributed by atoms with E-state index >= 15 is 0 Å². The second kappa shape index (κ2) is 13.2. The standard InChI is InChI=1S/C33H45ClN2O8/c1-9-19(3)30(38)43-26-16-27(37)36(7)23-15-22(14-20(4)28(23)34)13-18(2)11-10-12-25(41-8)33(40)17-24(42-31(39)35-33)21(5)29-32(26,6)44-29/h10-12,14-15,19,21,24-26,29,40H,9,13,16-17H2,1-8H3,(H,35,39)/b12-10+,18-11+/t19-,21+,24+,25-,26+,29-,32+,33+/m1/s1. The normalized spacial score (nSPS) is 35.4. The maximum absolute atomic E-state index is 13.8. The lowest BCUT2D eigenvalue weighted by atomic mass is 9.83. The highest BCUT2D eigenvalue weighted by molar-refractivity contribution is 6.34. The average molecular weight is 633 g/mol. The lowest BCUT2D eigenvalue weighted by molar-refractivity contribution is -0.158. The van der Waals surface area contributed by atoms with Gasteiger partial charge in [0.1, 0.15) is 23.9 Å². The van der Waals surface area contributed by atoms with Crippen LogP contribution in [0.4, 0.5) is 10.5 Å². The fraction of sp³-hybridized carbons (Fsp3) is 0.606. The Labute approximate surface area is 264 Å². The molecule has 0 spiro atoms. The number of allylic oxidation sites excluding steroid dienone is 3. The number of methoxy groups -OCH3 is 1. The molecule has 3 heterocycles. The largest absolute Gasteiger partial charge is 0.458 e. The molecule has 2 N–H and O–H groups in total. The van der Waals surface area contributed by atoms with Crippen molar-refractivity contribution >= 4 is 35.3 Å². The number of aliphatic hydroxyl groups is 1. The van der Waals surface area contributed by atoms with Gasteiger partial charge in [-0.25, -0.2) is 4.79 Å². The summed E-state index contributed by atoms with van der Waals surface area (Å²) in [6.07, 6.45) is 2.54. The number of esters is 1. The van der Waals surface area contributed by atoms with Crippen molar-refractivity contribution in [2.24, 2.45) is 11.8 Å². The van der Waals surface area contributed by atoms with E-state index in [0.717, 1.165) is 16.7 Å². The second-order valence-electron chi connectivity index (χ2n) is 12.6. The van der Waals surface area contributed by atoms with Crippen molar-refractivity contribution in [2.75, 3.05) is 19.1 Å². The number of halogens is 1. The van der Waals surface area contributed by atoms with Crippen LogP contribution < -0.4 is 10.2 Å². The number of hydrogen-bond donors (Lipinski definition) is 2. The number of anilines is 1. The summed E-state index contributed by atoms with van der Waals surface area (Å²) >= 11 is 6.71. The Morgan fingerprint density at radius 2 is 2.00 bits per heavy atom. The van der Waals surface area contributed by atoms with Gasteiger partial charge in [-0.1, -0.05) is 62.2 Å². The topological polar surface area (TPSA) is 127 Å². The van der Waals surface area contributed by atoms with Crippen LogP contribution in [0.3, 0.4) is 0 Å². The number of hydrogen-bond acceptors (Lipinski definition) is 8. The number of amides is 2. The van der Waals surface area contributed by atoms with Crippen molar-refractivity contribution in [3.05, 3.63) is 52.1 Å². The zero-order valence-electron chi connectivity index (χ0n) is 26.8. The van der Waals surface area contributed by atoms with Crippen molar-refractivity contribution in [2.45, 2.75) is 103 Å². The first-order chi connectivity index (χ1) is 20.6. The summed E-state index contributed by atoms with van der Waals surface area (Å²) < 4.78 is 23.4. The number of nitrogens with one attached hydrogen (secondary N) is 1. The molecule has 0 radical (unpaired) electrons. The van der Waals surface area contributed by atoms with Gasteiger partial charge in [-0.2, -0.15) is 0 Å². The molecule has 2 amide bonds. The lowest BCUT2D eigenvalue weighted by Crippen LogP contribution is -2.63. The smallest absolute Gasteiger partial charge is 0.409 e. The molecule has 3 aliphatic heterocycles. The molecule has 2 fully saturated rings. The summed E-state index contributed by atoms with van der Waals surface area (Å²) in [5, 5.41) is 14.6. The van der Waals surface area contributed by atoms with Gasteiger partial charge in [-0.3, -0.25) is 14.9 Å². The van der Waals surface area contributed by atoms with E-state index < -0.39 is 53.7 Å². The highest BCUT2D eigenvalue weighted by Gasteiger charge is 2.64. The third kappa shape index (κ3) is 6.98. The van der Waals surface area contributed by atoms with Gasteiger partial charge in [-0.15, -0.1) is 0 Å². The quantitative estimate of drug-likeness (QED) is 0.350. The van der Waals surface area contributed by atoms with Crippen molar-refractivity contribution in [1.29, 1.82) is 0 Å². The van der Waals surface area contributed by atoms with Crippen molar-refractivity contribution in [3.63, 3.8) is 0 Å². The predicted molar refractivity (Wildman–Crippen MR) is 166 cm³/mol. The number of fused-ring (bicyclic) bond motifs is 5.